The fourth-order valence-corrected chi connectivity index (χ4v) is 2.71. The molecule has 0 aliphatic carbocycles. The molecule has 1 aromatic rings. The van der Waals surface area contributed by atoms with E-state index in [0.717, 1.165) is 25.3 Å². The lowest BCUT2D eigenvalue weighted by Crippen LogP contribution is -2.45. The molecule has 0 unspecified atom stereocenters. The fourth-order valence-electron chi connectivity index (χ4n) is 2.71. The summed E-state index contributed by atoms with van der Waals surface area (Å²) in [5.74, 6) is 0. The highest BCUT2D eigenvalue weighted by molar-refractivity contribution is 5.74. The molecule has 1 aliphatic heterocycles. The molecule has 130 valence electrons. The molecule has 1 aliphatic rings. The Kier molecular flexibility index (Phi) is 5.90. The zero-order chi connectivity index (χ0) is 16.9. The van der Waals surface area contributed by atoms with E-state index >= 15 is 0 Å². The van der Waals surface area contributed by atoms with Crippen molar-refractivity contribution in [2.75, 3.05) is 19.6 Å². The van der Waals surface area contributed by atoms with E-state index in [1.165, 1.54) is 10.9 Å². The SMILES string of the molecule is CCCCCNC(=O)N1CCC(n2ccc(C(F)(F)F)n2)CC1. The number of alkyl halides is 3. The summed E-state index contributed by atoms with van der Waals surface area (Å²) in [7, 11) is 0. The normalized spacial score (nSPS) is 16.6. The Balaban J connectivity index is 1.79. The van der Waals surface area contributed by atoms with E-state index in [1.807, 2.05) is 0 Å². The number of nitrogens with one attached hydrogen (secondary N) is 1. The number of carbonyl (C=O) groups is 1. The van der Waals surface area contributed by atoms with Crippen molar-refractivity contribution in [2.45, 2.75) is 51.2 Å². The van der Waals surface area contributed by atoms with Crippen molar-refractivity contribution in [1.82, 2.24) is 20.0 Å². The first-order valence-corrected chi connectivity index (χ1v) is 8.07. The van der Waals surface area contributed by atoms with Crippen LogP contribution in [-0.2, 0) is 6.18 Å². The topological polar surface area (TPSA) is 50.2 Å². The Hall–Kier alpha value is -1.73. The molecule has 0 atom stereocenters. The third-order valence-corrected chi connectivity index (χ3v) is 4.08. The lowest BCUT2D eigenvalue weighted by Gasteiger charge is -2.32. The van der Waals surface area contributed by atoms with Gasteiger partial charge in [-0.15, -0.1) is 0 Å². The summed E-state index contributed by atoms with van der Waals surface area (Å²) < 4.78 is 39.1. The minimum absolute atomic E-state index is 0.0870. The zero-order valence-electron chi connectivity index (χ0n) is 13.3. The van der Waals surface area contributed by atoms with Gasteiger partial charge in [0.15, 0.2) is 5.69 Å². The molecule has 0 saturated carbocycles. The number of hydrogen-bond acceptors (Lipinski definition) is 2. The smallest absolute Gasteiger partial charge is 0.338 e. The number of hydrogen-bond donors (Lipinski definition) is 1. The van der Waals surface area contributed by atoms with Gasteiger partial charge in [-0.2, -0.15) is 18.3 Å². The van der Waals surface area contributed by atoms with E-state index in [2.05, 4.69) is 17.3 Å². The van der Waals surface area contributed by atoms with E-state index in [4.69, 9.17) is 0 Å². The maximum Gasteiger partial charge on any atom is 0.435 e. The number of amides is 2. The number of urea groups is 1. The Morgan fingerprint density at radius 2 is 2.04 bits per heavy atom. The molecule has 0 bridgehead atoms. The Bertz CT molecular complexity index is 507. The van der Waals surface area contributed by atoms with Crippen molar-refractivity contribution >= 4 is 6.03 Å². The van der Waals surface area contributed by atoms with Crippen molar-refractivity contribution in [3.8, 4) is 0 Å². The molecule has 8 heteroatoms. The van der Waals surface area contributed by atoms with E-state index in [9.17, 15) is 18.0 Å². The molecule has 1 fully saturated rings. The standard InChI is InChI=1S/C15H23F3N4O/c1-2-3-4-8-19-14(23)21-9-5-12(6-10-21)22-11-7-13(20-22)15(16,17)18/h7,11-12H,2-6,8-10H2,1H3,(H,19,23). The molecule has 0 aromatic carbocycles. The van der Waals surface area contributed by atoms with Gasteiger partial charge in [-0.25, -0.2) is 4.79 Å². The molecule has 0 radical (unpaired) electrons. The molecule has 2 amide bonds. The van der Waals surface area contributed by atoms with Crippen molar-refractivity contribution in [1.29, 1.82) is 0 Å². The minimum atomic E-state index is -4.41. The number of nitrogens with zero attached hydrogens (tertiary/aromatic N) is 3. The lowest BCUT2D eigenvalue weighted by molar-refractivity contribution is -0.141. The summed E-state index contributed by atoms with van der Waals surface area (Å²) >= 11 is 0. The monoisotopic (exact) mass is 332 g/mol. The first-order chi connectivity index (χ1) is 10.9. The van der Waals surface area contributed by atoms with Gasteiger partial charge in [0.1, 0.15) is 0 Å². The molecule has 1 N–H and O–H groups in total. The second-order valence-corrected chi connectivity index (χ2v) is 5.84. The van der Waals surface area contributed by atoms with Gasteiger partial charge in [0.25, 0.3) is 0 Å². The van der Waals surface area contributed by atoms with Gasteiger partial charge in [-0.3, -0.25) is 4.68 Å². The molecular formula is C15H23F3N4O. The second-order valence-electron chi connectivity index (χ2n) is 5.84. The molecule has 5 nitrogen and oxygen atoms in total. The number of unbranched alkanes of at least 4 members (excludes halogenated alkanes) is 2. The van der Waals surface area contributed by atoms with Gasteiger partial charge < -0.3 is 10.2 Å². The third-order valence-electron chi connectivity index (χ3n) is 4.08. The number of rotatable bonds is 5. The van der Waals surface area contributed by atoms with Gasteiger partial charge in [0.2, 0.25) is 0 Å². The number of likely N-dealkylation sites (tertiary alicyclic amines) is 1. The third kappa shape index (κ3) is 4.87. The van der Waals surface area contributed by atoms with Crippen molar-refractivity contribution < 1.29 is 18.0 Å². The van der Waals surface area contributed by atoms with E-state index in [0.29, 0.717) is 32.5 Å². The number of piperidine rings is 1. The molecule has 23 heavy (non-hydrogen) atoms. The second kappa shape index (κ2) is 7.70. The van der Waals surface area contributed by atoms with Crippen molar-refractivity contribution in [3.05, 3.63) is 18.0 Å². The highest BCUT2D eigenvalue weighted by Gasteiger charge is 2.34. The quantitative estimate of drug-likeness (QED) is 0.840. The predicted molar refractivity (Wildman–Crippen MR) is 80.0 cm³/mol. The largest absolute Gasteiger partial charge is 0.435 e. The summed E-state index contributed by atoms with van der Waals surface area (Å²) in [6.45, 7) is 3.84. The number of carbonyl (C=O) groups excluding carboxylic acids is 1. The van der Waals surface area contributed by atoms with Gasteiger partial charge in [-0.1, -0.05) is 19.8 Å². The number of halogens is 3. The molecule has 1 saturated heterocycles. The Morgan fingerprint density at radius 3 is 2.61 bits per heavy atom. The van der Waals surface area contributed by atoms with Crippen LogP contribution in [0, 0.1) is 0 Å². The van der Waals surface area contributed by atoms with Crippen LogP contribution in [0.1, 0.15) is 50.8 Å². The molecule has 0 spiro atoms. The Morgan fingerprint density at radius 1 is 1.35 bits per heavy atom. The molecule has 2 rings (SSSR count). The zero-order valence-corrected chi connectivity index (χ0v) is 13.3. The van der Waals surface area contributed by atoms with Crippen molar-refractivity contribution in [3.63, 3.8) is 0 Å². The highest BCUT2D eigenvalue weighted by atomic mass is 19.4. The molecule has 1 aromatic heterocycles. The Labute approximate surface area is 133 Å². The average molecular weight is 332 g/mol. The first-order valence-electron chi connectivity index (χ1n) is 8.07. The summed E-state index contributed by atoms with van der Waals surface area (Å²) in [5, 5.41) is 6.50. The van der Waals surface area contributed by atoms with Gasteiger partial charge in [0.05, 0.1) is 6.04 Å². The molecule has 2 heterocycles. The van der Waals surface area contributed by atoms with Crippen LogP contribution < -0.4 is 5.32 Å². The van der Waals surface area contributed by atoms with Crippen LogP contribution in [-0.4, -0.2) is 40.3 Å². The van der Waals surface area contributed by atoms with Gasteiger partial charge in [-0.05, 0) is 25.3 Å². The number of aromatic nitrogens is 2. The minimum Gasteiger partial charge on any atom is -0.338 e. The van der Waals surface area contributed by atoms with E-state index in [-0.39, 0.29) is 12.1 Å². The maximum atomic E-state index is 12.6. The summed E-state index contributed by atoms with van der Waals surface area (Å²) in [6.07, 6.45) is 1.33. The fraction of sp³-hybridized carbons (Fsp3) is 0.733. The maximum absolute atomic E-state index is 12.6. The van der Waals surface area contributed by atoms with Gasteiger partial charge in [0, 0.05) is 25.8 Å². The average Bonchev–Trinajstić information content (AvgIpc) is 3.02. The summed E-state index contributed by atoms with van der Waals surface area (Å²) in [4.78, 5) is 13.7. The van der Waals surface area contributed by atoms with Crippen LogP contribution in [0.3, 0.4) is 0 Å². The van der Waals surface area contributed by atoms with E-state index < -0.39 is 11.9 Å². The molecular weight excluding hydrogens is 309 g/mol. The van der Waals surface area contributed by atoms with Crippen LogP contribution in [0.15, 0.2) is 12.3 Å². The van der Waals surface area contributed by atoms with Crippen LogP contribution in [0.5, 0.6) is 0 Å². The summed E-state index contributed by atoms with van der Waals surface area (Å²) in [5.41, 5.74) is -0.867. The van der Waals surface area contributed by atoms with Crippen molar-refractivity contribution in [2.24, 2.45) is 0 Å². The first kappa shape index (κ1) is 17.6. The predicted octanol–water partition coefficient (Wildman–Crippen LogP) is 3.44. The van der Waals surface area contributed by atoms with Crippen LogP contribution in [0.25, 0.3) is 0 Å². The van der Waals surface area contributed by atoms with Gasteiger partial charge >= 0.3 is 12.2 Å². The van der Waals surface area contributed by atoms with Crippen LogP contribution in [0.2, 0.25) is 0 Å². The van der Waals surface area contributed by atoms with Crippen LogP contribution in [0.4, 0.5) is 18.0 Å². The summed E-state index contributed by atoms with van der Waals surface area (Å²) in [6, 6.07) is 0.818. The van der Waals surface area contributed by atoms with E-state index in [1.54, 1.807) is 4.90 Å². The lowest BCUT2D eigenvalue weighted by atomic mass is 10.1. The van der Waals surface area contributed by atoms with Crippen LogP contribution >= 0.6 is 0 Å². The highest BCUT2D eigenvalue weighted by Crippen LogP contribution is 2.29.